The van der Waals surface area contributed by atoms with Gasteiger partial charge in [0.2, 0.25) is 0 Å². The Morgan fingerprint density at radius 3 is 2.68 bits per heavy atom. The Morgan fingerprint density at radius 1 is 1.37 bits per heavy atom. The van der Waals surface area contributed by atoms with E-state index in [1.807, 2.05) is 11.8 Å². The number of nitrogens with one attached hydrogen (secondary N) is 1. The lowest BCUT2D eigenvalue weighted by Gasteiger charge is -2.20. The molecule has 1 aliphatic rings. The van der Waals surface area contributed by atoms with Gasteiger partial charge in [0.25, 0.3) is 0 Å². The molecule has 110 valence electrons. The van der Waals surface area contributed by atoms with Crippen molar-refractivity contribution in [2.75, 3.05) is 31.6 Å². The number of likely N-dealkylation sites (tertiary alicyclic amines) is 1. The summed E-state index contributed by atoms with van der Waals surface area (Å²) in [5, 5.41) is 12.0. The second-order valence-corrected chi connectivity index (χ2v) is 6.31. The number of carboxylic acid groups (broad SMARTS) is 1. The molecule has 1 saturated heterocycles. The Balaban J connectivity index is 2.19. The molecule has 0 bridgehead atoms. The first kappa shape index (κ1) is 16.1. The van der Waals surface area contributed by atoms with Crippen molar-refractivity contribution in [2.45, 2.75) is 32.6 Å². The van der Waals surface area contributed by atoms with Crippen LogP contribution in [0.5, 0.6) is 0 Å². The first-order chi connectivity index (χ1) is 8.99. The molecule has 0 aromatic heterocycles. The molecule has 0 saturated carbocycles. The van der Waals surface area contributed by atoms with Gasteiger partial charge in [-0.2, -0.15) is 11.8 Å². The number of nitrogens with zero attached hydrogens (tertiary/aromatic N) is 1. The van der Waals surface area contributed by atoms with Gasteiger partial charge in [0, 0.05) is 19.6 Å². The molecule has 19 heavy (non-hydrogen) atoms. The Morgan fingerprint density at radius 2 is 2.11 bits per heavy atom. The highest BCUT2D eigenvalue weighted by atomic mass is 32.2. The van der Waals surface area contributed by atoms with Gasteiger partial charge in [-0.25, -0.2) is 4.79 Å². The fourth-order valence-corrected chi connectivity index (χ4v) is 2.66. The average molecular weight is 288 g/mol. The third-order valence-corrected chi connectivity index (χ3v) is 4.28. The lowest BCUT2D eigenvalue weighted by atomic mass is 9.90. The SMILES string of the molecule is CSCCCCCNC(=O)N1CCC(C)(C(=O)O)C1. The van der Waals surface area contributed by atoms with Crippen LogP contribution in [0.3, 0.4) is 0 Å². The van der Waals surface area contributed by atoms with Crippen molar-refractivity contribution >= 4 is 23.8 Å². The first-order valence-corrected chi connectivity index (χ1v) is 8.14. The minimum absolute atomic E-state index is 0.130. The van der Waals surface area contributed by atoms with Crippen LogP contribution in [0.1, 0.15) is 32.6 Å². The molecule has 0 radical (unpaired) electrons. The first-order valence-electron chi connectivity index (χ1n) is 6.75. The van der Waals surface area contributed by atoms with Crippen molar-refractivity contribution in [1.82, 2.24) is 10.2 Å². The average Bonchev–Trinajstić information content (AvgIpc) is 2.78. The van der Waals surface area contributed by atoms with Crippen LogP contribution >= 0.6 is 11.8 Å². The van der Waals surface area contributed by atoms with Crippen molar-refractivity contribution < 1.29 is 14.7 Å². The van der Waals surface area contributed by atoms with Crippen LogP contribution in [0.15, 0.2) is 0 Å². The van der Waals surface area contributed by atoms with Crippen LogP contribution < -0.4 is 5.32 Å². The molecule has 0 spiro atoms. The largest absolute Gasteiger partial charge is 0.481 e. The van der Waals surface area contributed by atoms with Crippen molar-refractivity contribution in [1.29, 1.82) is 0 Å². The molecule has 1 unspecified atom stereocenters. The fourth-order valence-electron chi connectivity index (χ4n) is 2.16. The van der Waals surface area contributed by atoms with Gasteiger partial charge in [-0.05, 0) is 38.2 Å². The number of rotatable bonds is 7. The highest BCUT2D eigenvalue weighted by Crippen LogP contribution is 2.29. The van der Waals surface area contributed by atoms with Gasteiger partial charge in [-0.3, -0.25) is 4.79 Å². The molecule has 0 aromatic carbocycles. The van der Waals surface area contributed by atoms with E-state index >= 15 is 0 Å². The van der Waals surface area contributed by atoms with Crippen molar-refractivity contribution in [3.63, 3.8) is 0 Å². The smallest absolute Gasteiger partial charge is 0.317 e. The van der Waals surface area contributed by atoms with Gasteiger partial charge in [0.15, 0.2) is 0 Å². The van der Waals surface area contributed by atoms with Gasteiger partial charge in [-0.1, -0.05) is 6.42 Å². The predicted octanol–water partition coefficient (Wildman–Crippen LogP) is 2.03. The van der Waals surface area contributed by atoms with Gasteiger partial charge in [-0.15, -0.1) is 0 Å². The van der Waals surface area contributed by atoms with E-state index in [2.05, 4.69) is 11.6 Å². The maximum Gasteiger partial charge on any atom is 0.317 e. The van der Waals surface area contributed by atoms with Crippen LogP contribution in [0.25, 0.3) is 0 Å². The monoisotopic (exact) mass is 288 g/mol. The lowest BCUT2D eigenvalue weighted by Crippen LogP contribution is -2.41. The number of hydrogen-bond donors (Lipinski definition) is 2. The number of amides is 2. The molecule has 2 N–H and O–H groups in total. The molecule has 1 atom stereocenters. The number of carboxylic acids is 1. The van der Waals surface area contributed by atoms with Crippen LogP contribution in [-0.2, 0) is 4.79 Å². The van der Waals surface area contributed by atoms with Gasteiger partial charge in [0.1, 0.15) is 0 Å². The molecule has 1 fully saturated rings. The number of thioether (sulfide) groups is 1. The Labute approximate surface area is 119 Å². The zero-order valence-corrected chi connectivity index (χ0v) is 12.6. The number of aliphatic carboxylic acids is 1. The summed E-state index contributed by atoms with van der Waals surface area (Å²) < 4.78 is 0. The van der Waals surface area contributed by atoms with Gasteiger partial charge in [0.05, 0.1) is 5.41 Å². The minimum atomic E-state index is -0.820. The van der Waals surface area contributed by atoms with Crippen LogP contribution in [-0.4, -0.2) is 53.6 Å². The molecule has 5 nitrogen and oxygen atoms in total. The third-order valence-electron chi connectivity index (χ3n) is 3.58. The number of urea groups is 1. The van der Waals surface area contributed by atoms with E-state index in [0.717, 1.165) is 18.6 Å². The second kappa shape index (κ2) is 7.62. The quantitative estimate of drug-likeness (QED) is 0.703. The third kappa shape index (κ3) is 4.93. The summed E-state index contributed by atoms with van der Waals surface area (Å²) in [5.41, 5.74) is -0.782. The Hall–Kier alpha value is -0.910. The highest BCUT2D eigenvalue weighted by molar-refractivity contribution is 7.98. The summed E-state index contributed by atoms with van der Waals surface area (Å²) in [7, 11) is 0. The number of hydrogen-bond acceptors (Lipinski definition) is 3. The van der Waals surface area contributed by atoms with Crippen LogP contribution in [0, 0.1) is 5.41 Å². The van der Waals surface area contributed by atoms with E-state index in [1.165, 1.54) is 6.42 Å². The number of unbranched alkanes of at least 4 members (excludes halogenated alkanes) is 2. The van der Waals surface area contributed by atoms with Crippen molar-refractivity contribution in [2.24, 2.45) is 5.41 Å². The Bertz CT molecular complexity index is 325. The maximum absolute atomic E-state index is 11.9. The van der Waals surface area contributed by atoms with Crippen molar-refractivity contribution in [3.8, 4) is 0 Å². The van der Waals surface area contributed by atoms with E-state index in [0.29, 0.717) is 26.1 Å². The molecular formula is C13H24N2O3S. The zero-order chi connectivity index (χ0) is 14.3. The minimum Gasteiger partial charge on any atom is -0.481 e. The van der Waals surface area contributed by atoms with Gasteiger partial charge < -0.3 is 15.3 Å². The summed E-state index contributed by atoms with van der Waals surface area (Å²) in [6.07, 6.45) is 5.90. The molecule has 6 heteroatoms. The Kier molecular flexibility index (Phi) is 6.48. The molecule has 0 aliphatic carbocycles. The standard InChI is InChI=1S/C13H24N2O3S/c1-13(11(16)17)6-8-15(10-13)12(18)14-7-4-3-5-9-19-2/h3-10H2,1-2H3,(H,14,18)(H,16,17). The van der Waals surface area contributed by atoms with E-state index in [-0.39, 0.29) is 6.03 Å². The summed E-state index contributed by atoms with van der Waals surface area (Å²) in [6.45, 7) is 3.21. The zero-order valence-electron chi connectivity index (χ0n) is 11.8. The molecule has 1 rings (SSSR count). The van der Waals surface area contributed by atoms with Gasteiger partial charge >= 0.3 is 12.0 Å². The van der Waals surface area contributed by atoms with Crippen LogP contribution in [0.4, 0.5) is 4.79 Å². The van der Waals surface area contributed by atoms with E-state index in [1.54, 1.807) is 11.8 Å². The second-order valence-electron chi connectivity index (χ2n) is 5.32. The van der Waals surface area contributed by atoms with Crippen molar-refractivity contribution in [3.05, 3.63) is 0 Å². The molecule has 2 amide bonds. The molecule has 1 heterocycles. The number of carbonyl (C=O) groups is 2. The highest BCUT2D eigenvalue weighted by Gasteiger charge is 2.41. The van der Waals surface area contributed by atoms with Crippen LogP contribution in [0.2, 0.25) is 0 Å². The molecular weight excluding hydrogens is 264 g/mol. The molecule has 1 aliphatic heterocycles. The normalized spacial score (nSPS) is 22.5. The molecule has 0 aromatic rings. The predicted molar refractivity (Wildman–Crippen MR) is 77.6 cm³/mol. The van der Waals surface area contributed by atoms with E-state index < -0.39 is 11.4 Å². The summed E-state index contributed by atoms with van der Waals surface area (Å²) >= 11 is 1.84. The fraction of sp³-hybridized carbons (Fsp3) is 0.846. The van der Waals surface area contributed by atoms with E-state index in [9.17, 15) is 9.59 Å². The summed E-state index contributed by atoms with van der Waals surface area (Å²) in [5.74, 6) is 0.344. The summed E-state index contributed by atoms with van der Waals surface area (Å²) in [4.78, 5) is 24.6. The lowest BCUT2D eigenvalue weighted by molar-refractivity contribution is -0.146. The summed E-state index contributed by atoms with van der Waals surface area (Å²) in [6, 6.07) is -0.130. The number of carbonyl (C=O) groups excluding carboxylic acids is 1. The topological polar surface area (TPSA) is 69.6 Å². The maximum atomic E-state index is 11.9. The van der Waals surface area contributed by atoms with E-state index in [4.69, 9.17) is 5.11 Å².